The Balaban J connectivity index is 1.57. The SMILES string of the molecule is CC(C)c1c(-c2cccc3oc4ccccc4c23)cccc1-c1cccc2oc3ccccc3c12. The first kappa shape index (κ1) is 20.1. The second kappa shape index (κ2) is 7.61. The topological polar surface area (TPSA) is 26.3 Å². The van der Waals surface area contributed by atoms with E-state index in [2.05, 4.69) is 92.7 Å². The first-order valence-electron chi connectivity index (χ1n) is 12.1. The molecule has 0 atom stereocenters. The van der Waals surface area contributed by atoms with Gasteiger partial charge in [-0.2, -0.15) is 0 Å². The number of hydrogen-bond acceptors (Lipinski definition) is 2. The van der Waals surface area contributed by atoms with E-state index in [-0.39, 0.29) is 0 Å². The molecule has 0 fully saturated rings. The molecule has 2 heterocycles. The molecule has 35 heavy (non-hydrogen) atoms. The third kappa shape index (κ3) is 2.96. The highest BCUT2D eigenvalue weighted by molar-refractivity contribution is 6.15. The average Bonchev–Trinajstić information content (AvgIpc) is 3.46. The van der Waals surface area contributed by atoms with Crippen molar-refractivity contribution in [1.29, 1.82) is 0 Å². The molecule has 5 aromatic carbocycles. The molecule has 0 aliphatic heterocycles. The normalized spacial score (nSPS) is 12.0. The van der Waals surface area contributed by atoms with Crippen LogP contribution < -0.4 is 0 Å². The predicted molar refractivity (Wildman–Crippen MR) is 146 cm³/mol. The molecular formula is C33H24O2. The molecule has 0 amide bonds. The zero-order valence-corrected chi connectivity index (χ0v) is 19.7. The Morgan fingerprint density at radius 3 is 1.31 bits per heavy atom. The third-order valence-corrected chi connectivity index (χ3v) is 7.07. The summed E-state index contributed by atoms with van der Waals surface area (Å²) in [6.45, 7) is 4.56. The van der Waals surface area contributed by atoms with E-state index in [4.69, 9.17) is 8.83 Å². The highest BCUT2D eigenvalue weighted by Crippen LogP contribution is 2.45. The van der Waals surface area contributed by atoms with Gasteiger partial charge in [-0.3, -0.25) is 0 Å². The van der Waals surface area contributed by atoms with Crippen molar-refractivity contribution in [3.05, 3.63) is 109 Å². The Kier molecular flexibility index (Phi) is 4.37. The summed E-state index contributed by atoms with van der Waals surface area (Å²) in [5.41, 5.74) is 9.95. The zero-order chi connectivity index (χ0) is 23.5. The minimum atomic E-state index is 0.322. The molecule has 0 saturated carbocycles. The summed E-state index contributed by atoms with van der Waals surface area (Å²) in [6.07, 6.45) is 0. The van der Waals surface area contributed by atoms with E-state index in [1.165, 1.54) is 38.6 Å². The summed E-state index contributed by atoms with van der Waals surface area (Å²) in [7, 11) is 0. The van der Waals surface area contributed by atoms with Gasteiger partial charge in [0.15, 0.2) is 0 Å². The number of fused-ring (bicyclic) bond motifs is 6. The number of para-hydroxylation sites is 2. The largest absolute Gasteiger partial charge is 0.456 e. The lowest BCUT2D eigenvalue weighted by Crippen LogP contribution is -1.97. The molecule has 7 rings (SSSR count). The maximum absolute atomic E-state index is 6.21. The van der Waals surface area contributed by atoms with Crippen LogP contribution in [0.3, 0.4) is 0 Å². The van der Waals surface area contributed by atoms with Crippen LogP contribution in [-0.2, 0) is 0 Å². The zero-order valence-electron chi connectivity index (χ0n) is 19.7. The van der Waals surface area contributed by atoms with Crippen molar-refractivity contribution >= 4 is 43.9 Å². The van der Waals surface area contributed by atoms with Crippen molar-refractivity contribution < 1.29 is 8.83 Å². The number of hydrogen-bond donors (Lipinski definition) is 0. The number of furan rings is 2. The van der Waals surface area contributed by atoms with Gasteiger partial charge >= 0.3 is 0 Å². The Morgan fingerprint density at radius 2 is 0.829 bits per heavy atom. The summed E-state index contributed by atoms with van der Waals surface area (Å²) in [6, 6.07) is 36.1. The summed E-state index contributed by atoms with van der Waals surface area (Å²) in [5, 5.41) is 4.66. The predicted octanol–water partition coefficient (Wildman–Crippen LogP) is 9.94. The molecule has 7 aromatic rings. The minimum absolute atomic E-state index is 0.322. The quantitative estimate of drug-likeness (QED) is 0.267. The Bertz CT molecular complexity index is 1750. The molecule has 0 spiro atoms. The van der Waals surface area contributed by atoms with Crippen LogP contribution >= 0.6 is 0 Å². The molecule has 0 unspecified atom stereocenters. The monoisotopic (exact) mass is 452 g/mol. The molecule has 2 aromatic heterocycles. The van der Waals surface area contributed by atoms with E-state index in [9.17, 15) is 0 Å². The van der Waals surface area contributed by atoms with Crippen LogP contribution in [0.5, 0.6) is 0 Å². The molecule has 168 valence electrons. The van der Waals surface area contributed by atoms with Crippen molar-refractivity contribution in [2.75, 3.05) is 0 Å². The van der Waals surface area contributed by atoms with E-state index >= 15 is 0 Å². The first-order chi connectivity index (χ1) is 17.2. The van der Waals surface area contributed by atoms with Crippen molar-refractivity contribution in [2.24, 2.45) is 0 Å². The first-order valence-corrected chi connectivity index (χ1v) is 12.1. The van der Waals surface area contributed by atoms with E-state index in [1.807, 2.05) is 24.3 Å². The van der Waals surface area contributed by atoms with Gasteiger partial charge in [-0.1, -0.05) is 92.7 Å². The highest BCUT2D eigenvalue weighted by Gasteiger charge is 2.21. The van der Waals surface area contributed by atoms with Crippen molar-refractivity contribution in [3.8, 4) is 22.3 Å². The Labute approximate surface area is 203 Å². The lowest BCUT2D eigenvalue weighted by Gasteiger charge is -2.20. The lowest BCUT2D eigenvalue weighted by atomic mass is 9.84. The summed E-state index contributed by atoms with van der Waals surface area (Å²) in [4.78, 5) is 0. The Morgan fingerprint density at radius 1 is 0.429 bits per heavy atom. The highest BCUT2D eigenvalue weighted by atomic mass is 16.3. The van der Waals surface area contributed by atoms with Crippen LogP contribution in [0.2, 0.25) is 0 Å². The van der Waals surface area contributed by atoms with E-state index in [1.54, 1.807) is 0 Å². The maximum atomic E-state index is 6.21. The fourth-order valence-electron chi connectivity index (χ4n) is 5.66. The van der Waals surface area contributed by atoms with Gasteiger partial charge in [0.2, 0.25) is 0 Å². The second-order valence-electron chi connectivity index (χ2n) is 9.48. The van der Waals surface area contributed by atoms with Gasteiger partial charge in [-0.15, -0.1) is 0 Å². The Hall–Kier alpha value is -4.30. The molecule has 0 saturated heterocycles. The van der Waals surface area contributed by atoms with Crippen LogP contribution in [0.4, 0.5) is 0 Å². The van der Waals surface area contributed by atoms with Crippen LogP contribution in [0.25, 0.3) is 66.1 Å². The summed E-state index contributed by atoms with van der Waals surface area (Å²) < 4.78 is 12.4. The molecule has 0 bridgehead atoms. The molecule has 0 aliphatic rings. The van der Waals surface area contributed by atoms with Gasteiger partial charge in [0, 0.05) is 21.5 Å². The fourth-order valence-corrected chi connectivity index (χ4v) is 5.66. The van der Waals surface area contributed by atoms with Gasteiger partial charge in [0.1, 0.15) is 22.3 Å². The fraction of sp³-hybridized carbons (Fsp3) is 0.0909. The molecular weight excluding hydrogens is 428 g/mol. The smallest absolute Gasteiger partial charge is 0.136 e. The van der Waals surface area contributed by atoms with Crippen LogP contribution in [0, 0.1) is 0 Å². The molecule has 0 aliphatic carbocycles. The third-order valence-electron chi connectivity index (χ3n) is 7.07. The average molecular weight is 453 g/mol. The minimum Gasteiger partial charge on any atom is -0.456 e. The van der Waals surface area contributed by atoms with Gasteiger partial charge in [-0.05, 0) is 58.0 Å². The van der Waals surface area contributed by atoms with Crippen molar-refractivity contribution in [2.45, 2.75) is 19.8 Å². The van der Waals surface area contributed by atoms with Crippen molar-refractivity contribution in [1.82, 2.24) is 0 Å². The standard InChI is InChI=1S/C33H24O2/c1-20(2)31-21(23-14-8-18-29-32(23)25-10-3-5-16-27(25)34-29)12-7-13-22(31)24-15-9-19-30-33(24)26-11-4-6-17-28(26)35-30/h3-20H,1-2H3. The molecule has 2 nitrogen and oxygen atoms in total. The lowest BCUT2D eigenvalue weighted by molar-refractivity contribution is 0.668. The molecule has 0 N–H and O–H groups in total. The second-order valence-corrected chi connectivity index (χ2v) is 9.48. The molecule has 2 heteroatoms. The van der Waals surface area contributed by atoms with Crippen LogP contribution in [0.15, 0.2) is 112 Å². The van der Waals surface area contributed by atoms with Crippen molar-refractivity contribution in [3.63, 3.8) is 0 Å². The van der Waals surface area contributed by atoms with E-state index in [0.29, 0.717) is 5.92 Å². The van der Waals surface area contributed by atoms with Crippen LogP contribution in [0.1, 0.15) is 25.3 Å². The van der Waals surface area contributed by atoms with E-state index < -0.39 is 0 Å². The summed E-state index contributed by atoms with van der Waals surface area (Å²) >= 11 is 0. The number of rotatable bonds is 3. The van der Waals surface area contributed by atoms with E-state index in [0.717, 1.165) is 33.1 Å². The van der Waals surface area contributed by atoms with Gasteiger partial charge in [0.05, 0.1) is 0 Å². The number of benzene rings is 5. The van der Waals surface area contributed by atoms with Gasteiger partial charge in [0.25, 0.3) is 0 Å². The van der Waals surface area contributed by atoms with Gasteiger partial charge < -0.3 is 8.83 Å². The van der Waals surface area contributed by atoms with Gasteiger partial charge in [-0.25, -0.2) is 0 Å². The molecule has 0 radical (unpaired) electrons. The summed E-state index contributed by atoms with van der Waals surface area (Å²) in [5.74, 6) is 0.322. The van der Waals surface area contributed by atoms with Crippen LogP contribution in [-0.4, -0.2) is 0 Å². The maximum Gasteiger partial charge on any atom is 0.136 e.